The quantitative estimate of drug-likeness (QED) is 0.462. The van der Waals surface area contributed by atoms with Gasteiger partial charge in [-0.25, -0.2) is 0 Å². The van der Waals surface area contributed by atoms with Gasteiger partial charge in [0.25, 0.3) is 0 Å². The molecule has 0 amide bonds. The summed E-state index contributed by atoms with van der Waals surface area (Å²) in [6.07, 6.45) is 10.6. The van der Waals surface area contributed by atoms with E-state index < -0.39 is 0 Å². The second-order valence-corrected chi connectivity index (χ2v) is 5.21. The van der Waals surface area contributed by atoms with Crippen LogP contribution in [-0.2, 0) is 9.47 Å². The molecule has 3 heteroatoms. The number of aliphatic hydroxyl groups excluding tert-OH is 1. The van der Waals surface area contributed by atoms with E-state index in [4.69, 9.17) is 14.6 Å². The van der Waals surface area contributed by atoms with Crippen molar-refractivity contribution in [1.82, 2.24) is 0 Å². The van der Waals surface area contributed by atoms with Gasteiger partial charge in [-0.15, -0.1) is 0 Å². The second-order valence-electron chi connectivity index (χ2n) is 5.21. The fraction of sp³-hybridized carbons (Fsp3) is 1.00. The third kappa shape index (κ3) is 14.1. The van der Waals surface area contributed by atoms with Gasteiger partial charge in [0.15, 0.2) is 0 Å². The van der Waals surface area contributed by atoms with Crippen LogP contribution in [0, 0.1) is 5.92 Å². The second kappa shape index (κ2) is 15.9. The highest BCUT2D eigenvalue weighted by Gasteiger charge is 2.05. The van der Waals surface area contributed by atoms with E-state index in [0.29, 0.717) is 19.8 Å². The molecule has 0 aliphatic carbocycles. The molecule has 0 aliphatic heterocycles. The Morgan fingerprint density at radius 3 is 2.00 bits per heavy atom. The van der Waals surface area contributed by atoms with Crippen molar-refractivity contribution in [3.63, 3.8) is 0 Å². The van der Waals surface area contributed by atoms with Gasteiger partial charge in [0.05, 0.1) is 26.4 Å². The molecule has 1 unspecified atom stereocenters. The molecule has 1 atom stereocenters. The Kier molecular flexibility index (Phi) is 15.8. The molecule has 116 valence electrons. The van der Waals surface area contributed by atoms with Crippen LogP contribution in [0.3, 0.4) is 0 Å². The number of aliphatic hydroxyl groups is 1. The van der Waals surface area contributed by atoms with Crippen molar-refractivity contribution in [2.75, 3.05) is 33.0 Å². The highest BCUT2D eigenvalue weighted by atomic mass is 16.5. The third-order valence-electron chi connectivity index (χ3n) is 3.55. The zero-order chi connectivity index (χ0) is 14.2. The van der Waals surface area contributed by atoms with Crippen LogP contribution < -0.4 is 0 Å². The fourth-order valence-corrected chi connectivity index (χ4v) is 2.26. The van der Waals surface area contributed by atoms with Crippen LogP contribution in [0.25, 0.3) is 0 Å². The maximum absolute atomic E-state index is 8.53. The Balaban J connectivity index is 3.21. The van der Waals surface area contributed by atoms with Gasteiger partial charge in [0.2, 0.25) is 0 Å². The van der Waals surface area contributed by atoms with Crippen molar-refractivity contribution in [2.24, 2.45) is 5.92 Å². The maximum atomic E-state index is 8.53. The van der Waals surface area contributed by atoms with Crippen LogP contribution >= 0.6 is 0 Å². The van der Waals surface area contributed by atoms with Gasteiger partial charge < -0.3 is 14.6 Å². The van der Waals surface area contributed by atoms with E-state index in [1.54, 1.807) is 0 Å². The number of hydrogen-bond donors (Lipinski definition) is 1. The Bertz CT molecular complexity index is 162. The number of unbranched alkanes of at least 4 members (excludes halogenated alkanes) is 3. The fourth-order valence-electron chi connectivity index (χ4n) is 2.26. The smallest absolute Gasteiger partial charge is 0.0701 e. The average Bonchev–Trinajstić information content (AvgIpc) is 2.43. The Labute approximate surface area is 119 Å². The van der Waals surface area contributed by atoms with Crippen LogP contribution in [0.4, 0.5) is 0 Å². The normalized spacial score (nSPS) is 12.8. The summed E-state index contributed by atoms with van der Waals surface area (Å²) in [4.78, 5) is 0. The van der Waals surface area contributed by atoms with Gasteiger partial charge in [-0.1, -0.05) is 58.8 Å². The lowest BCUT2D eigenvalue weighted by molar-refractivity contribution is 0.0318. The molecule has 0 bridgehead atoms. The van der Waals surface area contributed by atoms with Crippen LogP contribution in [0.15, 0.2) is 0 Å². The lowest BCUT2D eigenvalue weighted by Crippen LogP contribution is -2.08. The standard InChI is InChI=1S/C16H34O3/c1-3-5-6-9-16(4-2)10-7-8-12-18-14-15-19-13-11-17/h16-17H,3-15H2,1-2H3. The Hall–Kier alpha value is -0.120. The van der Waals surface area contributed by atoms with Crippen molar-refractivity contribution in [2.45, 2.75) is 65.2 Å². The summed E-state index contributed by atoms with van der Waals surface area (Å²) in [5, 5.41) is 8.53. The van der Waals surface area contributed by atoms with E-state index in [2.05, 4.69) is 13.8 Å². The minimum atomic E-state index is 0.0937. The van der Waals surface area contributed by atoms with Gasteiger partial charge in [-0.3, -0.25) is 0 Å². The first-order valence-electron chi connectivity index (χ1n) is 8.11. The van der Waals surface area contributed by atoms with Crippen LogP contribution in [0.2, 0.25) is 0 Å². The Morgan fingerprint density at radius 2 is 1.42 bits per heavy atom. The molecule has 0 aliphatic rings. The summed E-state index contributed by atoms with van der Waals surface area (Å²) in [7, 11) is 0. The molecule has 3 nitrogen and oxygen atoms in total. The minimum absolute atomic E-state index is 0.0937. The molecule has 0 rings (SSSR count). The molecule has 0 aromatic heterocycles. The van der Waals surface area contributed by atoms with E-state index >= 15 is 0 Å². The summed E-state index contributed by atoms with van der Waals surface area (Å²) < 4.78 is 10.6. The first-order chi connectivity index (χ1) is 9.35. The van der Waals surface area contributed by atoms with Crippen molar-refractivity contribution < 1.29 is 14.6 Å². The number of hydrogen-bond acceptors (Lipinski definition) is 3. The highest BCUT2D eigenvalue weighted by Crippen LogP contribution is 2.19. The van der Waals surface area contributed by atoms with Gasteiger partial charge in [-0.2, -0.15) is 0 Å². The van der Waals surface area contributed by atoms with Crippen molar-refractivity contribution >= 4 is 0 Å². The number of ether oxygens (including phenoxy) is 2. The molecular weight excluding hydrogens is 240 g/mol. The zero-order valence-corrected chi connectivity index (χ0v) is 13.0. The number of rotatable bonds is 15. The van der Waals surface area contributed by atoms with Gasteiger partial charge >= 0.3 is 0 Å². The maximum Gasteiger partial charge on any atom is 0.0701 e. The predicted molar refractivity (Wildman–Crippen MR) is 80.5 cm³/mol. The zero-order valence-electron chi connectivity index (χ0n) is 13.0. The van der Waals surface area contributed by atoms with Gasteiger partial charge in [0.1, 0.15) is 0 Å². The van der Waals surface area contributed by atoms with E-state index in [9.17, 15) is 0 Å². The molecule has 0 spiro atoms. The van der Waals surface area contributed by atoms with E-state index in [1.807, 2.05) is 0 Å². The van der Waals surface area contributed by atoms with Crippen molar-refractivity contribution in [1.29, 1.82) is 0 Å². The molecule has 0 heterocycles. The highest BCUT2D eigenvalue weighted by molar-refractivity contribution is 4.58. The van der Waals surface area contributed by atoms with Gasteiger partial charge in [-0.05, 0) is 12.3 Å². The van der Waals surface area contributed by atoms with E-state index in [1.165, 1.54) is 44.9 Å². The summed E-state index contributed by atoms with van der Waals surface area (Å²) in [6, 6.07) is 0. The molecular formula is C16H34O3. The lowest BCUT2D eigenvalue weighted by Gasteiger charge is -2.14. The molecule has 0 saturated carbocycles. The van der Waals surface area contributed by atoms with E-state index in [-0.39, 0.29) is 6.61 Å². The summed E-state index contributed by atoms with van der Waals surface area (Å²) >= 11 is 0. The topological polar surface area (TPSA) is 38.7 Å². The summed E-state index contributed by atoms with van der Waals surface area (Å²) in [6.45, 7) is 7.17. The van der Waals surface area contributed by atoms with Crippen molar-refractivity contribution in [3.8, 4) is 0 Å². The van der Waals surface area contributed by atoms with Crippen molar-refractivity contribution in [3.05, 3.63) is 0 Å². The van der Waals surface area contributed by atoms with Crippen LogP contribution in [-0.4, -0.2) is 38.1 Å². The largest absolute Gasteiger partial charge is 0.394 e. The minimum Gasteiger partial charge on any atom is -0.394 e. The Morgan fingerprint density at radius 1 is 0.789 bits per heavy atom. The molecule has 19 heavy (non-hydrogen) atoms. The first-order valence-corrected chi connectivity index (χ1v) is 8.11. The van der Waals surface area contributed by atoms with E-state index in [0.717, 1.165) is 18.9 Å². The lowest BCUT2D eigenvalue weighted by atomic mass is 9.93. The first kappa shape index (κ1) is 18.9. The summed E-state index contributed by atoms with van der Waals surface area (Å²) in [5.74, 6) is 0.916. The molecule has 0 aromatic carbocycles. The monoisotopic (exact) mass is 274 g/mol. The van der Waals surface area contributed by atoms with Crippen LogP contribution in [0.5, 0.6) is 0 Å². The van der Waals surface area contributed by atoms with Crippen LogP contribution in [0.1, 0.15) is 65.2 Å². The summed E-state index contributed by atoms with van der Waals surface area (Å²) in [5.41, 5.74) is 0. The average molecular weight is 274 g/mol. The van der Waals surface area contributed by atoms with Gasteiger partial charge in [0, 0.05) is 6.61 Å². The SMILES string of the molecule is CCCCCC(CC)CCCCOCCOCCO. The molecule has 0 radical (unpaired) electrons. The third-order valence-corrected chi connectivity index (χ3v) is 3.55. The molecule has 1 N–H and O–H groups in total. The molecule has 0 fully saturated rings. The predicted octanol–water partition coefficient (Wildman–Crippen LogP) is 3.79. The molecule has 0 aromatic rings. The molecule has 0 saturated heterocycles.